The van der Waals surface area contributed by atoms with Gasteiger partial charge < -0.3 is 5.41 Å². The van der Waals surface area contributed by atoms with Crippen molar-refractivity contribution in [2.75, 3.05) is 0 Å². The highest BCUT2D eigenvalue weighted by atomic mass is 14.4. The summed E-state index contributed by atoms with van der Waals surface area (Å²) in [4.78, 5) is 0. The summed E-state index contributed by atoms with van der Waals surface area (Å²) in [5, 5.41) is 7.55. The van der Waals surface area contributed by atoms with Crippen LogP contribution in [0.3, 0.4) is 0 Å². The lowest BCUT2D eigenvalue weighted by molar-refractivity contribution is 0.685. The molecule has 0 heterocycles. The van der Waals surface area contributed by atoms with Crippen LogP contribution in [0.5, 0.6) is 0 Å². The van der Waals surface area contributed by atoms with Gasteiger partial charge in [-0.2, -0.15) is 0 Å². The fraction of sp³-hybridized carbons (Fsp3) is 0.583. The highest BCUT2D eigenvalue weighted by Gasteiger charge is 2.20. The van der Waals surface area contributed by atoms with Crippen LogP contribution < -0.4 is 0 Å². The van der Waals surface area contributed by atoms with Gasteiger partial charge in [-0.25, -0.2) is 0 Å². The molecule has 0 saturated carbocycles. The Balaban J connectivity index is 0.000000671. The van der Waals surface area contributed by atoms with Crippen molar-refractivity contribution < 1.29 is 0 Å². The summed E-state index contributed by atoms with van der Waals surface area (Å²) < 4.78 is 0. The molecule has 1 aliphatic rings. The highest BCUT2D eigenvalue weighted by molar-refractivity contribution is 5.97. The van der Waals surface area contributed by atoms with E-state index in [0.717, 1.165) is 6.42 Å². The first kappa shape index (κ1) is 12.2. The Hall–Kier alpha value is -0.850. The van der Waals surface area contributed by atoms with Gasteiger partial charge in [0.25, 0.3) is 0 Å². The standard InChI is InChI=1S/C10H15N.C2H6/c1-4-9-6-5-7(2)10(9)8(3)11;1-2/h4,7,11H,1,5-6H2,2-3H3;1-2H3. The summed E-state index contributed by atoms with van der Waals surface area (Å²) in [6.07, 6.45) is 4.19. The van der Waals surface area contributed by atoms with Crippen molar-refractivity contribution in [3.8, 4) is 0 Å². The molecule has 0 aliphatic heterocycles. The van der Waals surface area contributed by atoms with Gasteiger partial charge in [0, 0.05) is 5.71 Å². The first-order chi connectivity index (χ1) is 6.16. The lowest BCUT2D eigenvalue weighted by Gasteiger charge is -2.07. The van der Waals surface area contributed by atoms with E-state index in [1.807, 2.05) is 26.8 Å². The van der Waals surface area contributed by atoms with Crippen LogP contribution in [0.1, 0.15) is 40.5 Å². The molecule has 1 nitrogen and oxygen atoms in total. The quantitative estimate of drug-likeness (QED) is 0.620. The van der Waals surface area contributed by atoms with E-state index in [4.69, 9.17) is 5.41 Å². The molecule has 0 fully saturated rings. The van der Waals surface area contributed by atoms with E-state index in [2.05, 4.69) is 13.5 Å². The number of hydrogen-bond acceptors (Lipinski definition) is 1. The van der Waals surface area contributed by atoms with Crippen molar-refractivity contribution in [3.05, 3.63) is 23.8 Å². The second-order valence-corrected chi connectivity index (χ2v) is 3.21. The van der Waals surface area contributed by atoms with Gasteiger partial charge in [-0.3, -0.25) is 0 Å². The van der Waals surface area contributed by atoms with Gasteiger partial charge in [0.2, 0.25) is 0 Å². The number of nitrogens with one attached hydrogen (secondary N) is 1. The zero-order valence-corrected chi connectivity index (χ0v) is 9.28. The van der Waals surface area contributed by atoms with Gasteiger partial charge in [0.1, 0.15) is 0 Å². The Morgan fingerprint density at radius 3 is 2.38 bits per heavy atom. The minimum absolute atomic E-state index is 0.570. The maximum atomic E-state index is 7.55. The van der Waals surface area contributed by atoms with Gasteiger partial charge in [-0.1, -0.05) is 33.4 Å². The molecule has 1 rings (SSSR count). The van der Waals surface area contributed by atoms with Crippen molar-refractivity contribution in [2.24, 2.45) is 5.92 Å². The molecule has 0 aromatic heterocycles. The molecule has 0 amide bonds. The van der Waals surface area contributed by atoms with Crippen molar-refractivity contribution >= 4 is 5.71 Å². The van der Waals surface area contributed by atoms with E-state index >= 15 is 0 Å². The third-order valence-corrected chi connectivity index (χ3v) is 2.34. The smallest absolute Gasteiger partial charge is 0.0320 e. The Kier molecular flexibility index (Phi) is 5.36. The minimum atomic E-state index is 0.570. The minimum Gasteiger partial charge on any atom is -0.305 e. The molecule has 1 heteroatoms. The first-order valence-corrected chi connectivity index (χ1v) is 5.07. The Labute approximate surface area is 82.1 Å². The molecule has 74 valence electrons. The first-order valence-electron chi connectivity index (χ1n) is 5.07. The summed E-state index contributed by atoms with van der Waals surface area (Å²) in [6, 6.07) is 0. The van der Waals surface area contributed by atoms with Crippen LogP contribution in [-0.2, 0) is 0 Å². The summed E-state index contributed by atoms with van der Waals surface area (Å²) >= 11 is 0. The summed E-state index contributed by atoms with van der Waals surface area (Å²) in [6.45, 7) is 11.8. The van der Waals surface area contributed by atoms with Crippen molar-refractivity contribution in [3.63, 3.8) is 0 Å². The molecule has 0 radical (unpaired) electrons. The summed E-state index contributed by atoms with van der Waals surface area (Å²) in [5.41, 5.74) is 3.22. The summed E-state index contributed by atoms with van der Waals surface area (Å²) in [7, 11) is 0. The van der Waals surface area contributed by atoms with Gasteiger partial charge in [-0.15, -0.1) is 0 Å². The average Bonchev–Trinajstić information content (AvgIpc) is 2.50. The summed E-state index contributed by atoms with van der Waals surface area (Å²) in [5.74, 6) is 0.570. The molecule has 1 unspecified atom stereocenters. The average molecular weight is 179 g/mol. The monoisotopic (exact) mass is 179 g/mol. The zero-order valence-electron chi connectivity index (χ0n) is 9.28. The Morgan fingerprint density at radius 2 is 2.08 bits per heavy atom. The van der Waals surface area contributed by atoms with E-state index in [-0.39, 0.29) is 0 Å². The second-order valence-electron chi connectivity index (χ2n) is 3.21. The van der Waals surface area contributed by atoms with Crippen molar-refractivity contribution in [2.45, 2.75) is 40.5 Å². The van der Waals surface area contributed by atoms with Gasteiger partial charge in [0.05, 0.1) is 0 Å². The predicted octanol–water partition coefficient (Wildman–Crippen LogP) is 3.96. The topological polar surface area (TPSA) is 23.9 Å². The van der Waals surface area contributed by atoms with Crippen LogP contribution in [0.2, 0.25) is 0 Å². The van der Waals surface area contributed by atoms with Gasteiger partial charge >= 0.3 is 0 Å². The molecule has 0 aromatic carbocycles. The van der Waals surface area contributed by atoms with E-state index < -0.39 is 0 Å². The highest BCUT2D eigenvalue weighted by Crippen LogP contribution is 2.32. The molecule has 13 heavy (non-hydrogen) atoms. The van der Waals surface area contributed by atoms with E-state index in [9.17, 15) is 0 Å². The number of hydrogen-bond donors (Lipinski definition) is 1. The number of allylic oxidation sites excluding steroid dienone is 3. The van der Waals surface area contributed by atoms with E-state index in [0.29, 0.717) is 11.6 Å². The van der Waals surface area contributed by atoms with E-state index in [1.165, 1.54) is 17.6 Å². The van der Waals surface area contributed by atoms with Crippen LogP contribution in [0.15, 0.2) is 23.8 Å². The van der Waals surface area contributed by atoms with Crippen LogP contribution in [0.25, 0.3) is 0 Å². The zero-order chi connectivity index (χ0) is 10.4. The second kappa shape index (κ2) is 5.74. The molecular weight excluding hydrogens is 158 g/mol. The van der Waals surface area contributed by atoms with Gasteiger partial charge in [0.15, 0.2) is 0 Å². The maximum absolute atomic E-state index is 7.55. The lowest BCUT2D eigenvalue weighted by Crippen LogP contribution is -2.02. The van der Waals surface area contributed by atoms with Crippen molar-refractivity contribution in [1.82, 2.24) is 0 Å². The fourth-order valence-electron chi connectivity index (χ4n) is 1.79. The largest absolute Gasteiger partial charge is 0.305 e. The van der Waals surface area contributed by atoms with Gasteiger partial charge in [-0.05, 0) is 36.8 Å². The molecule has 1 atom stereocenters. The maximum Gasteiger partial charge on any atom is 0.0320 e. The van der Waals surface area contributed by atoms with Crippen LogP contribution in [0, 0.1) is 11.3 Å². The molecule has 0 aromatic rings. The molecule has 1 N–H and O–H groups in total. The normalized spacial score (nSPS) is 20.8. The molecule has 0 spiro atoms. The van der Waals surface area contributed by atoms with Crippen molar-refractivity contribution in [1.29, 1.82) is 5.41 Å². The Bertz CT molecular complexity index is 223. The van der Waals surface area contributed by atoms with Crippen LogP contribution in [-0.4, -0.2) is 5.71 Å². The molecule has 0 bridgehead atoms. The molecule has 0 saturated heterocycles. The number of rotatable bonds is 2. The fourth-order valence-corrected chi connectivity index (χ4v) is 1.79. The van der Waals surface area contributed by atoms with Crippen LogP contribution in [0.4, 0.5) is 0 Å². The Morgan fingerprint density at radius 1 is 1.54 bits per heavy atom. The molecule has 1 aliphatic carbocycles. The SMILES string of the molecule is C=CC1=C(C(C)=N)C(C)CC1.CC. The van der Waals surface area contributed by atoms with Crippen LogP contribution >= 0.6 is 0 Å². The predicted molar refractivity (Wildman–Crippen MR) is 60.4 cm³/mol. The third kappa shape index (κ3) is 2.83. The lowest BCUT2D eigenvalue weighted by atomic mass is 9.99. The van der Waals surface area contributed by atoms with E-state index in [1.54, 1.807) is 0 Å². The third-order valence-electron chi connectivity index (χ3n) is 2.34. The molecular formula is C12H21N.